The summed E-state index contributed by atoms with van der Waals surface area (Å²) in [6.07, 6.45) is 7.44. The monoisotopic (exact) mass is 208 g/mol. The molecule has 84 valence electrons. The van der Waals surface area contributed by atoms with E-state index in [-0.39, 0.29) is 11.6 Å². The maximum absolute atomic E-state index is 11.5. The second-order valence-electron chi connectivity index (χ2n) is 5.42. The molecule has 0 aromatic heterocycles. The highest BCUT2D eigenvalue weighted by Gasteiger charge is 2.66. The van der Waals surface area contributed by atoms with Crippen LogP contribution < -0.4 is 0 Å². The maximum atomic E-state index is 11.5. The molecule has 2 rings (SSSR count). The van der Waals surface area contributed by atoms with E-state index in [9.17, 15) is 4.79 Å². The first kappa shape index (κ1) is 10.7. The lowest BCUT2D eigenvalue weighted by molar-refractivity contribution is -0.148. The predicted octanol–water partition coefficient (Wildman–Crippen LogP) is 3.22. The molecular weight excluding hydrogens is 188 g/mol. The normalized spacial score (nSPS) is 32.4. The zero-order valence-electron chi connectivity index (χ0n) is 9.77. The van der Waals surface area contributed by atoms with Crippen molar-refractivity contribution in [2.24, 2.45) is 5.41 Å². The number of carbonyl (C=O) groups excluding carboxylic acids is 1. The van der Waals surface area contributed by atoms with Crippen molar-refractivity contribution in [1.82, 2.24) is 0 Å². The Bertz CT molecular complexity index is 300. The fourth-order valence-corrected chi connectivity index (χ4v) is 2.97. The van der Waals surface area contributed by atoms with Crippen molar-refractivity contribution in [1.29, 1.82) is 0 Å². The highest BCUT2D eigenvalue weighted by atomic mass is 16.6. The molecule has 1 atom stereocenters. The molecule has 0 heterocycles. The SMILES string of the molecule is C=C(C)C(=O)OC1(C)CC12CCCCC2. The Balaban J connectivity index is 1.99. The molecule has 0 bridgehead atoms. The van der Waals surface area contributed by atoms with E-state index in [2.05, 4.69) is 13.5 Å². The average molecular weight is 208 g/mol. The molecule has 2 heteroatoms. The van der Waals surface area contributed by atoms with E-state index < -0.39 is 0 Å². The molecule has 0 aromatic rings. The van der Waals surface area contributed by atoms with Gasteiger partial charge in [0.25, 0.3) is 0 Å². The molecule has 1 spiro atoms. The maximum Gasteiger partial charge on any atom is 0.333 e. The summed E-state index contributed by atoms with van der Waals surface area (Å²) in [5, 5.41) is 0. The van der Waals surface area contributed by atoms with Gasteiger partial charge in [-0.05, 0) is 33.1 Å². The number of esters is 1. The summed E-state index contributed by atoms with van der Waals surface area (Å²) in [6.45, 7) is 7.42. The van der Waals surface area contributed by atoms with Gasteiger partial charge in [0.05, 0.1) is 0 Å². The van der Waals surface area contributed by atoms with Gasteiger partial charge < -0.3 is 4.74 Å². The first-order valence-electron chi connectivity index (χ1n) is 5.88. The molecule has 0 N–H and O–H groups in total. The Morgan fingerprint density at radius 2 is 1.87 bits per heavy atom. The summed E-state index contributed by atoms with van der Waals surface area (Å²) in [5.41, 5.74) is 0.633. The lowest BCUT2D eigenvalue weighted by Crippen LogP contribution is -2.26. The van der Waals surface area contributed by atoms with Crippen LogP contribution in [0.3, 0.4) is 0 Å². The van der Waals surface area contributed by atoms with Gasteiger partial charge in [-0.2, -0.15) is 0 Å². The lowest BCUT2D eigenvalue weighted by atomic mass is 9.83. The zero-order valence-corrected chi connectivity index (χ0v) is 9.77. The summed E-state index contributed by atoms with van der Waals surface area (Å²) < 4.78 is 5.57. The van der Waals surface area contributed by atoms with E-state index >= 15 is 0 Å². The molecule has 0 radical (unpaired) electrons. The van der Waals surface area contributed by atoms with Gasteiger partial charge in [-0.1, -0.05) is 25.8 Å². The second kappa shape index (κ2) is 3.36. The number of rotatable bonds is 2. The third kappa shape index (κ3) is 1.70. The highest BCUT2D eigenvalue weighted by molar-refractivity contribution is 5.87. The molecule has 0 amide bonds. The van der Waals surface area contributed by atoms with Gasteiger partial charge in [0, 0.05) is 11.0 Å². The van der Waals surface area contributed by atoms with Gasteiger partial charge in [0.2, 0.25) is 0 Å². The van der Waals surface area contributed by atoms with E-state index in [0.717, 1.165) is 6.42 Å². The zero-order chi connectivity index (χ0) is 11.1. The highest BCUT2D eigenvalue weighted by Crippen LogP contribution is 2.66. The van der Waals surface area contributed by atoms with Gasteiger partial charge in [0.1, 0.15) is 5.60 Å². The summed E-state index contributed by atoms with van der Waals surface area (Å²) in [6, 6.07) is 0. The van der Waals surface area contributed by atoms with Gasteiger partial charge in [-0.25, -0.2) is 4.79 Å². The Morgan fingerprint density at radius 3 is 2.40 bits per heavy atom. The Kier molecular flexibility index (Phi) is 2.40. The van der Waals surface area contributed by atoms with E-state index in [1.165, 1.54) is 32.1 Å². The number of carbonyl (C=O) groups is 1. The predicted molar refractivity (Wildman–Crippen MR) is 59.4 cm³/mol. The molecule has 2 saturated carbocycles. The van der Waals surface area contributed by atoms with Crippen LogP contribution in [0.4, 0.5) is 0 Å². The largest absolute Gasteiger partial charge is 0.455 e. The third-order valence-corrected chi connectivity index (χ3v) is 4.15. The summed E-state index contributed by atoms with van der Waals surface area (Å²) in [4.78, 5) is 11.5. The Hall–Kier alpha value is -0.790. The van der Waals surface area contributed by atoms with Crippen molar-refractivity contribution in [2.45, 2.75) is 58.0 Å². The third-order valence-electron chi connectivity index (χ3n) is 4.15. The minimum Gasteiger partial charge on any atom is -0.455 e. The molecule has 15 heavy (non-hydrogen) atoms. The van der Waals surface area contributed by atoms with Crippen LogP contribution in [-0.2, 0) is 9.53 Å². The number of hydrogen-bond acceptors (Lipinski definition) is 2. The van der Waals surface area contributed by atoms with E-state index in [0.29, 0.717) is 11.0 Å². The lowest BCUT2D eigenvalue weighted by Gasteiger charge is -2.26. The van der Waals surface area contributed by atoms with Crippen LogP contribution in [0.5, 0.6) is 0 Å². The Labute approximate surface area is 91.7 Å². The molecule has 2 aliphatic rings. The molecular formula is C13H20O2. The van der Waals surface area contributed by atoms with Gasteiger partial charge in [-0.15, -0.1) is 0 Å². The quantitative estimate of drug-likeness (QED) is 0.514. The summed E-state index contributed by atoms with van der Waals surface area (Å²) in [7, 11) is 0. The van der Waals surface area contributed by atoms with Crippen LogP contribution in [0.1, 0.15) is 52.4 Å². The topological polar surface area (TPSA) is 26.3 Å². The molecule has 2 nitrogen and oxygen atoms in total. The molecule has 2 aliphatic carbocycles. The van der Waals surface area contributed by atoms with Crippen molar-refractivity contribution < 1.29 is 9.53 Å². The van der Waals surface area contributed by atoms with Gasteiger partial charge >= 0.3 is 5.97 Å². The summed E-state index contributed by atoms with van der Waals surface area (Å²) >= 11 is 0. The standard InChI is InChI=1S/C13H20O2/c1-10(2)11(14)15-12(3)9-13(12)7-5-4-6-8-13/h1,4-9H2,2-3H3. The first-order valence-corrected chi connectivity index (χ1v) is 5.88. The van der Waals surface area contributed by atoms with Gasteiger partial charge in [-0.3, -0.25) is 0 Å². The minimum absolute atomic E-state index is 0.191. The van der Waals surface area contributed by atoms with Gasteiger partial charge in [0.15, 0.2) is 0 Å². The molecule has 0 aliphatic heterocycles. The second-order valence-corrected chi connectivity index (χ2v) is 5.42. The van der Waals surface area contributed by atoms with Crippen LogP contribution in [0.2, 0.25) is 0 Å². The molecule has 0 aromatic carbocycles. The molecule has 2 fully saturated rings. The van der Waals surface area contributed by atoms with Crippen LogP contribution in [0.15, 0.2) is 12.2 Å². The average Bonchev–Trinajstić information content (AvgIpc) is 2.70. The van der Waals surface area contributed by atoms with E-state index in [1.54, 1.807) is 6.92 Å². The van der Waals surface area contributed by atoms with E-state index in [4.69, 9.17) is 4.74 Å². The van der Waals surface area contributed by atoms with Crippen molar-refractivity contribution >= 4 is 5.97 Å². The van der Waals surface area contributed by atoms with Crippen molar-refractivity contribution in [3.05, 3.63) is 12.2 Å². The summed E-state index contributed by atoms with van der Waals surface area (Å²) in [5.74, 6) is -0.222. The fraction of sp³-hybridized carbons (Fsp3) is 0.769. The van der Waals surface area contributed by atoms with Crippen molar-refractivity contribution in [3.8, 4) is 0 Å². The first-order chi connectivity index (χ1) is 6.99. The molecule has 1 unspecified atom stereocenters. The van der Waals surface area contributed by atoms with Crippen molar-refractivity contribution in [3.63, 3.8) is 0 Å². The fourth-order valence-electron chi connectivity index (χ4n) is 2.97. The number of hydrogen-bond donors (Lipinski definition) is 0. The van der Waals surface area contributed by atoms with Crippen LogP contribution in [0, 0.1) is 5.41 Å². The minimum atomic E-state index is -0.222. The van der Waals surface area contributed by atoms with Crippen molar-refractivity contribution in [2.75, 3.05) is 0 Å². The van der Waals surface area contributed by atoms with Crippen LogP contribution >= 0.6 is 0 Å². The Morgan fingerprint density at radius 1 is 1.27 bits per heavy atom. The van der Waals surface area contributed by atoms with E-state index in [1.807, 2.05) is 0 Å². The van der Waals surface area contributed by atoms with Crippen LogP contribution in [0.25, 0.3) is 0 Å². The van der Waals surface area contributed by atoms with Crippen LogP contribution in [-0.4, -0.2) is 11.6 Å². The smallest absolute Gasteiger partial charge is 0.333 e. The number of ether oxygens (including phenoxy) is 1. The molecule has 0 saturated heterocycles.